The Hall–Kier alpha value is -7.68. The van der Waals surface area contributed by atoms with Gasteiger partial charge in [0.15, 0.2) is 0 Å². The van der Waals surface area contributed by atoms with E-state index in [4.69, 9.17) is 4.42 Å². The number of fused-ring (bicyclic) bond motifs is 9. The van der Waals surface area contributed by atoms with Crippen LogP contribution < -0.4 is 0 Å². The summed E-state index contributed by atoms with van der Waals surface area (Å²) in [6.45, 7) is 6.38. The van der Waals surface area contributed by atoms with Crippen LogP contribution in [0.4, 0.5) is 0 Å². The van der Waals surface area contributed by atoms with Crippen LogP contribution in [0.3, 0.4) is 0 Å². The van der Waals surface area contributed by atoms with E-state index in [1.807, 2.05) is 18.2 Å². The first-order valence-electron chi connectivity index (χ1n) is 21.0. The van der Waals surface area contributed by atoms with Crippen LogP contribution in [0.1, 0.15) is 16.7 Å². The van der Waals surface area contributed by atoms with E-state index in [0.717, 1.165) is 22.2 Å². The molecule has 0 saturated carbocycles. The summed E-state index contributed by atoms with van der Waals surface area (Å²) in [5, 5.41) is 9.98. The zero-order valence-electron chi connectivity index (χ0n) is 34.6. The van der Waals surface area contributed by atoms with Crippen molar-refractivity contribution in [1.82, 2.24) is 4.57 Å². The standard InChI is InChI=1S/C35H23NO.C13H12.C11H10/c1-22-11-13-23(14-12-22)24-15-17-31-29(19-24)30-20-25-16-18-34-35(27-9-5-6-10-33(27)37-34)28(25)21-32(30)36(31)26-7-3-2-4-8-26;1-11-7-9-13(10-8-11)12-5-3-2-4-6-12;1-9-5-4-7-10-6-2-3-8-11(9)10/h2-21H,1H3;2-10H,1H3;2-8H,1H3. The fraction of sp³-hybridized carbons (Fsp3) is 0.0508. The number of para-hydroxylation sites is 2. The molecule has 0 N–H and O–H groups in total. The quantitative estimate of drug-likeness (QED) is 0.175. The van der Waals surface area contributed by atoms with Gasteiger partial charge in [0.05, 0.1) is 11.0 Å². The van der Waals surface area contributed by atoms with E-state index >= 15 is 0 Å². The maximum atomic E-state index is 6.21. The summed E-state index contributed by atoms with van der Waals surface area (Å²) < 4.78 is 8.61. The second kappa shape index (κ2) is 16.2. The Morgan fingerprint density at radius 1 is 0.328 bits per heavy atom. The molecule has 0 aliphatic rings. The third-order valence-corrected chi connectivity index (χ3v) is 11.8. The number of rotatable bonds is 3. The van der Waals surface area contributed by atoms with E-state index in [2.05, 4.69) is 226 Å². The number of hydrogen-bond donors (Lipinski definition) is 0. The first-order valence-corrected chi connectivity index (χ1v) is 21.0. The Balaban J connectivity index is 0.000000150. The number of furan rings is 1. The first-order chi connectivity index (χ1) is 30.0. The minimum absolute atomic E-state index is 0.927. The molecule has 2 nitrogen and oxygen atoms in total. The van der Waals surface area contributed by atoms with Crippen molar-refractivity contribution < 1.29 is 4.42 Å². The lowest BCUT2D eigenvalue weighted by Gasteiger charge is -2.09. The minimum Gasteiger partial charge on any atom is -0.456 e. The maximum Gasteiger partial charge on any atom is 0.136 e. The normalized spacial score (nSPS) is 11.2. The van der Waals surface area contributed by atoms with Gasteiger partial charge in [-0.1, -0.05) is 181 Å². The molecule has 0 aliphatic heterocycles. The fourth-order valence-corrected chi connectivity index (χ4v) is 8.61. The molecule has 0 radical (unpaired) electrons. The molecule has 0 bridgehead atoms. The Kier molecular flexibility index (Phi) is 9.96. The van der Waals surface area contributed by atoms with E-state index in [-0.39, 0.29) is 0 Å². The summed E-state index contributed by atoms with van der Waals surface area (Å²) in [5.41, 5.74) is 14.4. The summed E-state index contributed by atoms with van der Waals surface area (Å²) >= 11 is 0. The van der Waals surface area contributed by atoms with Crippen LogP contribution in [-0.4, -0.2) is 4.57 Å². The molecule has 0 fully saturated rings. The highest BCUT2D eigenvalue weighted by atomic mass is 16.3. The summed E-state index contributed by atoms with van der Waals surface area (Å²) in [6, 6.07) is 77.5. The van der Waals surface area contributed by atoms with Gasteiger partial charge in [-0.05, 0) is 119 Å². The monoisotopic (exact) mass is 783 g/mol. The SMILES string of the molecule is Cc1ccc(-c2ccc3c(c2)c2cc4ccc5oc6ccccc6c5c4cc2n3-c2ccccc2)cc1.Cc1ccc(-c2ccccc2)cc1.Cc1cccc2ccccc12. The summed E-state index contributed by atoms with van der Waals surface area (Å²) in [4.78, 5) is 0. The summed E-state index contributed by atoms with van der Waals surface area (Å²) in [7, 11) is 0. The number of aromatic nitrogens is 1. The molecule has 0 unspecified atom stereocenters. The molecule has 0 saturated heterocycles. The van der Waals surface area contributed by atoms with Gasteiger partial charge in [0.1, 0.15) is 11.2 Å². The average molecular weight is 784 g/mol. The Morgan fingerprint density at radius 2 is 0.902 bits per heavy atom. The van der Waals surface area contributed by atoms with Gasteiger partial charge in [-0.25, -0.2) is 0 Å². The smallest absolute Gasteiger partial charge is 0.136 e. The fourth-order valence-electron chi connectivity index (χ4n) is 8.61. The van der Waals surface area contributed by atoms with Crippen LogP contribution in [0.2, 0.25) is 0 Å². The third-order valence-electron chi connectivity index (χ3n) is 11.8. The third kappa shape index (κ3) is 7.34. The maximum absolute atomic E-state index is 6.21. The lowest BCUT2D eigenvalue weighted by molar-refractivity contribution is 0.669. The zero-order valence-corrected chi connectivity index (χ0v) is 34.6. The molecular weight excluding hydrogens is 739 g/mol. The highest BCUT2D eigenvalue weighted by Gasteiger charge is 2.17. The zero-order chi connectivity index (χ0) is 41.3. The lowest BCUT2D eigenvalue weighted by atomic mass is 9.99. The molecule has 61 heavy (non-hydrogen) atoms. The van der Waals surface area contributed by atoms with Crippen molar-refractivity contribution in [2.24, 2.45) is 0 Å². The van der Waals surface area contributed by atoms with Crippen LogP contribution in [0, 0.1) is 20.8 Å². The molecule has 0 aliphatic carbocycles. The van der Waals surface area contributed by atoms with Crippen molar-refractivity contribution in [3.05, 3.63) is 235 Å². The highest BCUT2D eigenvalue weighted by molar-refractivity contribution is 6.23. The van der Waals surface area contributed by atoms with Crippen molar-refractivity contribution in [3.8, 4) is 27.9 Å². The summed E-state index contributed by atoms with van der Waals surface area (Å²) in [6.07, 6.45) is 0. The molecule has 0 atom stereocenters. The van der Waals surface area contributed by atoms with Crippen LogP contribution in [0.5, 0.6) is 0 Å². The van der Waals surface area contributed by atoms with Crippen molar-refractivity contribution in [2.75, 3.05) is 0 Å². The molecule has 2 heterocycles. The molecule has 0 amide bonds. The van der Waals surface area contributed by atoms with Gasteiger partial charge in [0.2, 0.25) is 0 Å². The van der Waals surface area contributed by atoms with Crippen LogP contribution >= 0.6 is 0 Å². The van der Waals surface area contributed by atoms with E-state index in [1.54, 1.807) is 0 Å². The average Bonchev–Trinajstić information content (AvgIpc) is 3.85. The Bertz CT molecular complexity index is 3460. The van der Waals surface area contributed by atoms with Gasteiger partial charge in [0.25, 0.3) is 0 Å². The summed E-state index contributed by atoms with van der Waals surface area (Å²) in [5.74, 6) is 0. The van der Waals surface area contributed by atoms with Gasteiger partial charge >= 0.3 is 0 Å². The number of hydrogen-bond acceptors (Lipinski definition) is 1. The van der Waals surface area contributed by atoms with Gasteiger partial charge in [-0.2, -0.15) is 0 Å². The predicted octanol–water partition coefficient (Wildman–Crippen LogP) is 16.6. The van der Waals surface area contributed by atoms with Gasteiger partial charge < -0.3 is 8.98 Å². The minimum atomic E-state index is 0.927. The van der Waals surface area contributed by atoms with Crippen LogP contribution in [0.25, 0.3) is 93.2 Å². The first kappa shape index (κ1) is 37.6. The molecule has 0 spiro atoms. The van der Waals surface area contributed by atoms with Gasteiger partial charge in [-0.3, -0.25) is 0 Å². The number of benzene rings is 10. The molecule has 12 aromatic rings. The Morgan fingerprint density at radius 3 is 1.62 bits per heavy atom. The lowest BCUT2D eigenvalue weighted by Crippen LogP contribution is -1.93. The van der Waals surface area contributed by atoms with Gasteiger partial charge in [0, 0.05) is 27.2 Å². The van der Waals surface area contributed by atoms with Crippen molar-refractivity contribution in [3.63, 3.8) is 0 Å². The van der Waals surface area contributed by atoms with Crippen molar-refractivity contribution in [2.45, 2.75) is 20.8 Å². The molecule has 10 aromatic carbocycles. The predicted molar refractivity (Wildman–Crippen MR) is 261 cm³/mol. The molecule has 292 valence electrons. The molecule has 2 heteroatoms. The van der Waals surface area contributed by atoms with E-state index < -0.39 is 0 Å². The van der Waals surface area contributed by atoms with Crippen LogP contribution in [0.15, 0.2) is 223 Å². The van der Waals surface area contributed by atoms with E-state index in [9.17, 15) is 0 Å². The van der Waals surface area contributed by atoms with Crippen molar-refractivity contribution in [1.29, 1.82) is 0 Å². The van der Waals surface area contributed by atoms with E-state index in [1.165, 1.54) is 87.7 Å². The van der Waals surface area contributed by atoms with Crippen molar-refractivity contribution >= 4 is 65.3 Å². The molecule has 12 rings (SSSR count). The van der Waals surface area contributed by atoms with E-state index in [0.29, 0.717) is 0 Å². The topological polar surface area (TPSA) is 18.1 Å². The molecular formula is C59H45NO. The number of aryl methyl sites for hydroxylation is 3. The molecule has 2 aromatic heterocycles. The Labute approximate surface area is 356 Å². The van der Waals surface area contributed by atoms with Gasteiger partial charge in [-0.15, -0.1) is 0 Å². The van der Waals surface area contributed by atoms with Crippen LogP contribution in [-0.2, 0) is 0 Å². The highest BCUT2D eigenvalue weighted by Crippen LogP contribution is 2.41. The largest absolute Gasteiger partial charge is 0.456 e. The number of nitrogens with zero attached hydrogens (tertiary/aromatic N) is 1. The second-order valence-electron chi connectivity index (χ2n) is 15.9. The second-order valence-corrected chi connectivity index (χ2v) is 15.9.